The Morgan fingerprint density at radius 3 is 2.56 bits per heavy atom. The number of rotatable bonds is 5. The van der Waals surface area contributed by atoms with Gasteiger partial charge in [0.15, 0.2) is 11.5 Å². The molecule has 1 fully saturated rings. The van der Waals surface area contributed by atoms with Crippen molar-refractivity contribution in [1.82, 2.24) is 9.80 Å². The summed E-state index contributed by atoms with van der Waals surface area (Å²) in [5, 5.41) is 0. The van der Waals surface area contributed by atoms with Gasteiger partial charge in [0.2, 0.25) is 0 Å². The molecule has 1 atom stereocenters. The lowest BCUT2D eigenvalue weighted by Gasteiger charge is -2.41. The van der Waals surface area contributed by atoms with E-state index in [4.69, 9.17) is 13.9 Å². The third kappa shape index (κ3) is 3.99. The Morgan fingerprint density at radius 1 is 1.07 bits per heavy atom. The highest BCUT2D eigenvalue weighted by atomic mass is 16.5. The maximum absolute atomic E-state index is 5.78. The molecule has 5 heteroatoms. The van der Waals surface area contributed by atoms with Gasteiger partial charge in [-0.1, -0.05) is 0 Å². The first-order chi connectivity index (χ1) is 13.2. The molecule has 0 N–H and O–H groups in total. The summed E-state index contributed by atoms with van der Waals surface area (Å²) < 4.78 is 16.7. The summed E-state index contributed by atoms with van der Waals surface area (Å²) in [6, 6.07) is 9.08. The number of piperidine rings is 1. The lowest BCUT2D eigenvalue weighted by molar-refractivity contribution is 0.0799. The summed E-state index contributed by atoms with van der Waals surface area (Å²) in [6.07, 6.45) is 3.60. The predicted molar refractivity (Wildman–Crippen MR) is 105 cm³/mol. The second-order valence-electron chi connectivity index (χ2n) is 7.74. The number of benzene rings is 1. The van der Waals surface area contributed by atoms with E-state index in [1.165, 1.54) is 24.0 Å². The largest absolute Gasteiger partial charge is 0.493 e. The predicted octanol–water partition coefficient (Wildman–Crippen LogP) is 3.63. The van der Waals surface area contributed by atoms with Crippen LogP contribution in [0.15, 0.2) is 28.7 Å². The molecule has 1 saturated heterocycles. The number of aryl methyl sites for hydroxylation is 1. The van der Waals surface area contributed by atoms with Gasteiger partial charge in [-0.15, -0.1) is 0 Å². The van der Waals surface area contributed by atoms with Gasteiger partial charge in [-0.2, -0.15) is 0 Å². The second-order valence-corrected chi connectivity index (χ2v) is 7.74. The Kier molecular flexibility index (Phi) is 5.41. The highest BCUT2D eigenvalue weighted by Gasteiger charge is 2.29. The third-order valence-electron chi connectivity index (χ3n) is 5.92. The maximum Gasteiger partial charge on any atom is 0.161 e. The molecule has 1 aromatic heterocycles. The number of nitrogens with zero attached hydrogens (tertiary/aromatic N) is 2. The van der Waals surface area contributed by atoms with Gasteiger partial charge in [0.1, 0.15) is 11.5 Å². The molecule has 0 saturated carbocycles. The number of ether oxygens (including phenoxy) is 2. The minimum absolute atomic E-state index is 0.607. The number of methoxy groups -OCH3 is 2. The molecule has 0 radical (unpaired) electrons. The molecule has 0 aliphatic carbocycles. The molecule has 1 unspecified atom stereocenters. The lowest BCUT2D eigenvalue weighted by Crippen LogP contribution is -2.49. The van der Waals surface area contributed by atoms with Gasteiger partial charge in [-0.05, 0) is 68.1 Å². The molecule has 4 rings (SSSR count). The molecule has 27 heavy (non-hydrogen) atoms. The van der Waals surface area contributed by atoms with E-state index < -0.39 is 0 Å². The van der Waals surface area contributed by atoms with Gasteiger partial charge in [0.25, 0.3) is 0 Å². The summed E-state index contributed by atoms with van der Waals surface area (Å²) in [5.41, 5.74) is 2.76. The van der Waals surface area contributed by atoms with E-state index in [2.05, 4.69) is 34.1 Å². The summed E-state index contributed by atoms with van der Waals surface area (Å²) in [7, 11) is 3.41. The Balaban J connectivity index is 1.43. The maximum atomic E-state index is 5.78. The number of likely N-dealkylation sites (tertiary alicyclic amines) is 1. The highest BCUT2D eigenvalue weighted by molar-refractivity contribution is 5.48. The minimum Gasteiger partial charge on any atom is -0.493 e. The third-order valence-corrected chi connectivity index (χ3v) is 5.92. The number of hydrogen-bond donors (Lipinski definition) is 0. The fourth-order valence-electron chi connectivity index (χ4n) is 4.48. The van der Waals surface area contributed by atoms with Crippen molar-refractivity contribution in [1.29, 1.82) is 0 Å². The normalized spacial score (nSPS) is 21.1. The van der Waals surface area contributed by atoms with Crippen LogP contribution in [-0.4, -0.2) is 49.7 Å². The second kappa shape index (κ2) is 7.95. The number of furan rings is 1. The van der Waals surface area contributed by atoms with Crippen molar-refractivity contribution < 1.29 is 13.9 Å². The van der Waals surface area contributed by atoms with Crippen LogP contribution in [0.5, 0.6) is 11.5 Å². The van der Waals surface area contributed by atoms with Crippen LogP contribution in [-0.2, 0) is 19.5 Å². The lowest BCUT2D eigenvalue weighted by atomic mass is 9.95. The van der Waals surface area contributed by atoms with Gasteiger partial charge in [-0.3, -0.25) is 9.80 Å². The average Bonchev–Trinajstić information content (AvgIpc) is 3.11. The molecule has 0 amide bonds. The molecule has 0 spiro atoms. The van der Waals surface area contributed by atoms with E-state index >= 15 is 0 Å². The molecule has 2 aliphatic rings. The molecule has 146 valence electrons. The molecule has 3 heterocycles. The van der Waals surface area contributed by atoms with E-state index in [0.717, 1.165) is 62.2 Å². The molecule has 2 aliphatic heterocycles. The summed E-state index contributed by atoms with van der Waals surface area (Å²) in [4.78, 5) is 5.18. The Bertz CT molecular complexity index is 786. The van der Waals surface area contributed by atoms with E-state index in [1.807, 2.05) is 6.92 Å². The van der Waals surface area contributed by atoms with Crippen LogP contribution in [0.4, 0.5) is 0 Å². The molecule has 0 bridgehead atoms. The van der Waals surface area contributed by atoms with Crippen LogP contribution in [0, 0.1) is 6.92 Å². The molecule has 1 aromatic carbocycles. The monoisotopic (exact) mass is 370 g/mol. The smallest absolute Gasteiger partial charge is 0.161 e. The van der Waals surface area contributed by atoms with Gasteiger partial charge < -0.3 is 13.9 Å². The highest BCUT2D eigenvalue weighted by Crippen LogP contribution is 2.34. The van der Waals surface area contributed by atoms with E-state index in [9.17, 15) is 0 Å². The summed E-state index contributed by atoms with van der Waals surface area (Å²) in [5.74, 6) is 3.74. The quantitative estimate of drug-likeness (QED) is 0.804. The Morgan fingerprint density at radius 2 is 1.85 bits per heavy atom. The van der Waals surface area contributed by atoms with Crippen molar-refractivity contribution >= 4 is 0 Å². The van der Waals surface area contributed by atoms with Crippen LogP contribution in [0.3, 0.4) is 0 Å². The Labute approximate surface area is 161 Å². The van der Waals surface area contributed by atoms with Crippen molar-refractivity contribution in [3.8, 4) is 11.5 Å². The molecular weight excluding hydrogens is 340 g/mol. The van der Waals surface area contributed by atoms with Crippen LogP contribution >= 0.6 is 0 Å². The SMILES string of the molecule is COc1cc2c(cc1OC)CN(C1CCCN(Cc3ccc(C)o3)C1)CC2. The van der Waals surface area contributed by atoms with Crippen molar-refractivity contribution in [3.05, 3.63) is 46.9 Å². The van der Waals surface area contributed by atoms with Crippen molar-refractivity contribution in [2.24, 2.45) is 0 Å². The zero-order valence-corrected chi connectivity index (χ0v) is 16.7. The topological polar surface area (TPSA) is 38.1 Å². The summed E-state index contributed by atoms with van der Waals surface area (Å²) in [6.45, 7) is 7.31. The first-order valence-electron chi connectivity index (χ1n) is 9.91. The van der Waals surface area contributed by atoms with Crippen LogP contribution in [0.1, 0.15) is 35.5 Å². The van der Waals surface area contributed by atoms with E-state index in [1.54, 1.807) is 14.2 Å². The van der Waals surface area contributed by atoms with E-state index in [-0.39, 0.29) is 0 Å². The van der Waals surface area contributed by atoms with Crippen molar-refractivity contribution in [3.63, 3.8) is 0 Å². The Hall–Kier alpha value is -1.98. The summed E-state index contributed by atoms with van der Waals surface area (Å²) >= 11 is 0. The number of fused-ring (bicyclic) bond motifs is 1. The molecule has 2 aromatic rings. The zero-order valence-electron chi connectivity index (χ0n) is 16.7. The molecule has 5 nitrogen and oxygen atoms in total. The zero-order chi connectivity index (χ0) is 18.8. The first-order valence-corrected chi connectivity index (χ1v) is 9.91. The van der Waals surface area contributed by atoms with Gasteiger partial charge in [0, 0.05) is 25.7 Å². The van der Waals surface area contributed by atoms with Gasteiger partial charge in [-0.25, -0.2) is 0 Å². The van der Waals surface area contributed by atoms with Crippen LogP contribution in [0.2, 0.25) is 0 Å². The van der Waals surface area contributed by atoms with Crippen molar-refractivity contribution in [2.45, 2.75) is 45.3 Å². The average molecular weight is 370 g/mol. The standard InChI is InChI=1S/C22H30N2O3/c1-16-6-7-20(27-16)15-23-9-4-5-19(14-23)24-10-8-17-11-21(25-2)22(26-3)12-18(17)13-24/h6-7,11-12,19H,4-5,8-10,13-15H2,1-3H3. The van der Waals surface area contributed by atoms with Gasteiger partial charge in [0.05, 0.1) is 20.8 Å². The molecular formula is C22H30N2O3. The van der Waals surface area contributed by atoms with Gasteiger partial charge >= 0.3 is 0 Å². The van der Waals surface area contributed by atoms with Crippen molar-refractivity contribution in [2.75, 3.05) is 33.9 Å². The fraction of sp³-hybridized carbons (Fsp3) is 0.545. The minimum atomic E-state index is 0.607. The van der Waals surface area contributed by atoms with E-state index in [0.29, 0.717) is 6.04 Å². The fourth-order valence-corrected chi connectivity index (χ4v) is 4.48. The van der Waals surface area contributed by atoms with Crippen LogP contribution < -0.4 is 9.47 Å². The first kappa shape index (κ1) is 18.4. The van der Waals surface area contributed by atoms with Crippen LogP contribution in [0.25, 0.3) is 0 Å². The number of hydrogen-bond acceptors (Lipinski definition) is 5.